The van der Waals surface area contributed by atoms with E-state index in [2.05, 4.69) is 6.92 Å². The molecule has 0 radical (unpaired) electrons. The topological polar surface area (TPSA) is 20.3 Å². The maximum Gasteiger partial charge on any atom is 0.219 e. The van der Waals surface area contributed by atoms with Crippen molar-refractivity contribution < 1.29 is 4.79 Å². The standard InChI is InChI=1S/C10H17NO/c1-7-5-9-6-11(8(2)12)4-3-10(7)9/h7,9-10H,3-6H2,1-2H3. The first-order valence-corrected chi connectivity index (χ1v) is 4.94. The van der Waals surface area contributed by atoms with E-state index in [0.29, 0.717) is 0 Å². The van der Waals surface area contributed by atoms with Gasteiger partial charge in [0.05, 0.1) is 0 Å². The van der Waals surface area contributed by atoms with Crippen molar-refractivity contribution in [1.82, 2.24) is 4.90 Å². The maximum absolute atomic E-state index is 11.1. The van der Waals surface area contributed by atoms with Crippen molar-refractivity contribution in [1.29, 1.82) is 0 Å². The summed E-state index contributed by atoms with van der Waals surface area (Å²) in [5, 5.41) is 0. The van der Waals surface area contributed by atoms with Gasteiger partial charge in [-0.25, -0.2) is 0 Å². The minimum Gasteiger partial charge on any atom is -0.343 e. The quantitative estimate of drug-likeness (QED) is 0.535. The third-order valence-electron chi connectivity index (χ3n) is 3.64. The highest BCUT2D eigenvalue weighted by molar-refractivity contribution is 5.73. The van der Waals surface area contributed by atoms with E-state index >= 15 is 0 Å². The van der Waals surface area contributed by atoms with Crippen LogP contribution >= 0.6 is 0 Å². The molecule has 0 aromatic carbocycles. The zero-order valence-corrected chi connectivity index (χ0v) is 7.92. The highest BCUT2D eigenvalue weighted by atomic mass is 16.2. The summed E-state index contributed by atoms with van der Waals surface area (Å²) >= 11 is 0. The van der Waals surface area contributed by atoms with Crippen LogP contribution in [0.1, 0.15) is 26.7 Å². The lowest BCUT2D eigenvalue weighted by Gasteiger charge is -2.49. The van der Waals surface area contributed by atoms with E-state index in [1.165, 1.54) is 12.8 Å². The fourth-order valence-electron chi connectivity index (χ4n) is 2.79. The van der Waals surface area contributed by atoms with Crippen LogP contribution in [0.3, 0.4) is 0 Å². The Kier molecular flexibility index (Phi) is 1.85. The molecule has 2 rings (SSSR count). The number of rotatable bonds is 0. The summed E-state index contributed by atoms with van der Waals surface area (Å²) in [6.07, 6.45) is 2.58. The molecule has 0 aromatic heterocycles. The van der Waals surface area contributed by atoms with E-state index in [0.717, 1.165) is 30.8 Å². The van der Waals surface area contributed by atoms with Crippen molar-refractivity contribution in [2.75, 3.05) is 13.1 Å². The molecule has 0 aromatic rings. The van der Waals surface area contributed by atoms with Gasteiger partial charge in [-0.05, 0) is 30.6 Å². The lowest BCUT2D eigenvalue weighted by molar-refractivity contribution is -0.134. The van der Waals surface area contributed by atoms with Crippen LogP contribution in [0.4, 0.5) is 0 Å². The zero-order chi connectivity index (χ0) is 8.72. The molecule has 1 aliphatic carbocycles. The third-order valence-corrected chi connectivity index (χ3v) is 3.64. The van der Waals surface area contributed by atoms with Crippen LogP contribution in [-0.4, -0.2) is 23.9 Å². The van der Waals surface area contributed by atoms with Crippen molar-refractivity contribution in [2.24, 2.45) is 17.8 Å². The van der Waals surface area contributed by atoms with Gasteiger partial charge in [0.1, 0.15) is 0 Å². The van der Waals surface area contributed by atoms with Crippen LogP contribution in [0.25, 0.3) is 0 Å². The van der Waals surface area contributed by atoms with Gasteiger partial charge in [0.2, 0.25) is 5.91 Å². The largest absolute Gasteiger partial charge is 0.343 e. The minimum atomic E-state index is 0.257. The molecule has 1 saturated heterocycles. The Hall–Kier alpha value is -0.530. The predicted molar refractivity (Wildman–Crippen MR) is 47.6 cm³/mol. The first-order chi connectivity index (χ1) is 5.68. The van der Waals surface area contributed by atoms with E-state index < -0.39 is 0 Å². The lowest BCUT2D eigenvalue weighted by atomic mass is 9.62. The predicted octanol–water partition coefficient (Wildman–Crippen LogP) is 1.51. The lowest BCUT2D eigenvalue weighted by Crippen LogP contribution is -2.50. The Morgan fingerprint density at radius 3 is 2.75 bits per heavy atom. The first kappa shape index (κ1) is 8.09. The average molecular weight is 167 g/mol. The number of amides is 1. The molecule has 0 bridgehead atoms. The molecule has 0 spiro atoms. The number of nitrogens with zero attached hydrogens (tertiary/aromatic N) is 1. The van der Waals surface area contributed by atoms with Crippen molar-refractivity contribution in [3.63, 3.8) is 0 Å². The minimum absolute atomic E-state index is 0.257. The fourth-order valence-corrected chi connectivity index (χ4v) is 2.79. The first-order valence-electron chi connectivity index (χ1n) is 4.94. The van der Waals surface area contributed by atoms with E-state index in [4.69, 9.17) is 0 Å². The van der Waals surface area contributed by atoms with Gasteiger partial charge in [0, 0.05) is 20.0 Å². The number of hydrogen-bond acceptors (Lipinski definition) is 1. The molecule has 2 nitrogen and oxygen atoms in total. The highest BCUT2D eigenvalue weighted by Crippen LogP contribution is 2.45. The molecule has 2 aliphatic rings. The van der Waals surface area contributed by atoms with Gasteiger partial charge in [-0.1, -0.05) is 6.92 Å². The van der Waals surface area contributed by atoms with Crippen LogP contribution in [0.15, 0.2) is 0 Å². The van der Waals surface area contributed by atoms with Gasteiger partial charge >= 0.3 is 0 Å². The van der Waals surface area contributed by atoms with Crippen LogP contribution in [0.2, 0.25) is 0 Å². The van der Waals surface area contributed by atoms with E-state index in [1.54, 1.807) is 6.92 Å². The van der Waals surface area contributed by atoms with Crippen LogP contribution < -0.4 is 0 Å². The molecule has 12 heavy (non-hydrogen) atoms. The second kappa shape index (κ2) is 2.75. The Morgan fingerprint density at radius 1 is 1.50 bits per heavy atom. The molecule has 68 valence electrons. The summed E-state index contributed by atoms with van der Waals surface area (Å²) < 4.78 is 0. The second-order valence-corrected chi connectivity index (χ2v) is 4.39. The highest BCUT2D eigenvalue weighted by Gasteiger charge is 2.41. The number of likely N-dealkylation sites (tertiary alicyclic amines) is 1. The number of hydrogen-bond donors (Lipinski definition) is 0. The number of fused-ring (bicyclic) bond motifs is 1. The van der Waals surface area contributed by atoms with Gasteiger partial charge in [0.25, 0.3) is 0 Å². The smallest absolute Gasteiger partial charge is 0.219 e. The monoisotopic (exact) mass is 167 g/mol. The van der Waals surface area contributed by atoms with Crippen LogP contribution in [-0.2, 0) is 4.79 Å². The molecule has 1 aliphatic heterocycles. The van der Waals surface area contributed by atoms with Crippen molar-refractivity contribution in [3.05, 3.63) is 0 Å². The van der Waals surface area contributed by atoms with Crippen LogP contribution in [0.5, 0.6) is 0 Å². The number of carbonyl (C=O) groups is 1. The summed E-state index contributed by atoms with van der Waals surface area (Å²) in [6, 6.07) is 0. The van der Waals surface area contributed by atoms with Gasteiger partial charge < -0.3 is 4.90 Å². The Bertz CT molecular complexity index is 202. The molecule has 1 saturated carbocycles. The molecule has 1 amide bonds. The average Bonchev–Trinajstić information content (AvgIpc) is 2.01. The Balaban J connectivity index is 1.93. The summed E-state index contributed by atoms with van der Waals surface area (Å²) in [5.41, 5.74) is 0. The zero-order valence-electron chi connectivity index (χ0n) is 7.92. The Morgan fingerprint density at radius 2 is 2.25 bits per heavy atom. The van der Waals surface area contributed by atoms with E-state index in [-0.39, 0.29) is 5.91 Å². The molecule has 0 N–H and O–H groups in total. The second-order valence-electron chi connectivity index (χ2n) is 4.39. The van der Waals surface area contributed by atoms with E-state index in [9.17, 15) is 4.79 Å². The molecule has 2 fully saturated rings. The van der Waals surface area contributed by atoms with Crippen molar-refractivity contribution in [2.45, 2.75) is 26.7 Å². The summed E-state index contributed by atoms with van der Waals surface area (Å²) in [4.78, 5) is 13.1. The summed E-state index contributed by atoms with van der Waals surface area (Å²) in [7, 11) is 0. The molecular formula is C10H17NO. The molecule has 3 unspecified atom stereocenters. The normalized spacial score (nSPS) is 40.2. The van der Waals surface area contributed by atoms with E-state index in [1.807, 2.05) is 4.90 Å². The van der Waals surface area contributed by atoms with Crippen molar-refractivity contribution >= 4 is 5.91 Å². The van der Waals surface area contributed by atoms with Gasteiger partial charge in [-0.3, -0.25) is 4.79 Å². The molecular weight excluding hydrogens is 150 g/mol. The number of piperidine rings is 1. The van der Waals surface area contributed by atoms with Gasteiger partial charge in [-0.2, -0.15) is 0 Å². The fraction of sp³-hybridized carbons (Fsp3) is 0.900. The van der Waals surface area contributed by atoms with Gasteiger partial charge in [-0.15, -0.1) is 0 Å². The maximum atomic E-state index is 11.1. The SMILES string of the molecule is CC(=O)N1CCC2C(C)CC2C1. The van der Waals surface area contributed by atoms with Crippen molar-refractivity contribution in [3.8, 4) is 0 Å². The molecule has 3 atom stereocenters. The van der Waals surface area contributed by atoms with Gasteiger partial charge in [0.15, 0.2) is 0 Å². The summed E-state index contributed by atoms with van der Waals surface area (Å²) in [5.74, 6) is 2.94. The Labute approximate surface area is 73.9 Å². The molecule has 1 heterocycles. The molecule has 2 heteroatoms. The summed E-state index contributed by atoms with van der Waals surface area (Å²) in [6.45, 7) is 6.05. The van der Waals surface area contributed by atoms with Crippen LogP contribution in [0, 0.1) is 17.8 Å². The third kappa shape index (κ3) is 1.13. The number of carbonyl (C=O) groups excluding carboxylic acids is 1.